The summed E-state index contributed by atoms with van der Waals surface area (Å²) in [6, 6.07) is 11.9. The van der Waals surface area contributed by atoms with E-state index in [9.17, 15) is 10.2 Å². The summed E-state index contributed by atoms with van der Waals surface area (Å²) < 4.78 is 12.0. The number of ether oxygens (including phenoxy) is 2. The molecule has 1 aliphatic heterocycles. The van der Waals surface area contributed by atoms with Gasteiger partial charge in [0.05, 0.1) is 19.4 Å². The maximum Gasteiger partial charge on any atom is 0.125 e. The van der Waals surface area contributed by atoms with Crippen molar-refractivity contribution in [3.8, 4) is 23.0 Å². The topological polar surface area (TPSA) is 83.0 Å². The van der Waals surface area contributed by atoms with Crippen LogP contribution in [-0.2, 0) is 0 Å². The Kier molecular flexibility index (Phi) is 25.4. The highest BCUT2D eigenvalue weighted by molar-refractivity contribution is 5.49. The molecule has 2 aromatic carbocycles. The first-order valence-electron chi connectivity index (χ1n) is 25.1. The zero-order valence-corrected chi connectivity index (χ0v) is 37.5. The van der Waals surface area contributed by atoms with Gasteiger partial charge in [0.25, 0.3) is 0 Å². The SMILES string of the molecule is CCCCCCCCCCCCCCCCCCOc1ccc(C2NC3C(N2)C3c2ccc(OCCCCCCCCCCCCCCCCCC)cc2O)c(O)c1. The van der Waals surface area contributed by atoms with Gasteiger partial charge < -0.3 is 19.7 Å². The number of phenolic OH excluding ortho intramolecular Hbond substituents is 2. The predicted octanol–water partition coefficient (Wildman–Crippen LogP) is 15.1. The molecular weight excluding hydrogens is 717 g/mol. The van der Waals surface area contributed by atoms with Gasteiger partial charge in [-0.25, -0.2) is 0 Å². The van der Waals surface area contributed by atoms with E-state index in [1.54, 1.807) is 12.1 Å². The first kappa shape index (κ1) is 48.2. The number of aromatic hydroxyl groups is 2. The molecule has 6 heteroatoms. The molecule has 0 radical (unpaired) electrons. The number of nitrogens with one attached hydrogen (secondary N) is 2. The van der Waals surface area contributed by atoms with Gasteiger partial charge in [-0.3, -0.25) is 10.6 Å². The van der Waals surface area contributed by atoms with E-state index in [0.29, 0.717) is 19.0 Å². The van der Waals surface area contributed by atoms with E-state index in [-0.39, 0.29) is 29.9 Å². The molecule has 2 aromatic rings. The molecule has 0 bridgehead atoms. The fourth-order valence-electron chi connectivity index (χ4n) is 9.16. The molecule has 0 amide bonds. The Balaban J connectivity index is 0.966. The first-order chi connectivity index (χ1) is 28.6. The highest BCUT2D eigenvalue weighted by Gasteiger charge is 2.58. The fraction of sp³-hybridized carbons (Fsp3) is 0.769. The van der Waals surface area contributed by atoms with Gasteiger partial charge in [0.15, 0.2) is 0 Å². The molecule has 6 nitrogen and oxygen atoms in total. The third kappa shape index (κ3) is 19.3. The first-order valence-corrected chi connectivity index (χ1v) is 25.1. The molecule has 1 saturated carbocycles. The van der Waals surface area contributed by atoms with Crippen LogP contribution in [0, 0.1) is 0 Å². The summed E-state index contributed by atoms with van der Waals surface area (Å²) in [6.45, 7) is 5.97. The summed E-state index contributed by atoms with van der Waals surface area (Å²) >= 11 is 0. The minimum Gasteiger partial charge on any atom is -0.508 e. The van der Waals surface area contributed by atoms with E-state index >= 15 is 0 Å². The molecule has 58 heavy (non-hydrogen) atoms. The van der Waals surface area contributed by atoms with Crippen LogP contribution in [0.25, 0.3) is 0 Å². The lowest BCUT2D eigenvalue weighted by Crippen LogP contribution is -2.29. The summed E-state index contributed by atoms with van der Waals surface area (Å²) in [5, 5.41) is 29.0. The van der Waals surface area contributed by atoms with Crippen molar-refractivity contribution in [1.82, 2.24) is 10.6 Å². The van der Waals surface area contributed by atoms with Crippen LogP contribution in [0.5, 0.6) is 23.0 Å². The lowest BCUT2D eigenvalue weighted by molar-refractivity contribution is 0.301. The number of fused-ring (bicyclic) bond motifs is 1. The van der Waals surface area contributed by atoms with Crippen molar-refractivity contribution >= 4 is 0 Å². The quantitative estimate of drug-likeness (QED) is 0.0506. The van der Waals surface area contributed by atoms with E-state index in [0.717, 1.165) is 35.5 Å². The van der Waals surface area contributed by atoms with Crippen molar-refractivity contribution in [1.29, 1.82) is 0 Å². The van der Waals surface area contributed by atoms with Gasteiger partial charge in [0.2, 0.25) is 0 Å². The molecule has 330 valence electrons. The van der Waals surface area contributed by atoms with Crippen LogP contribution in [0.15, 0.2) is 36.4 Å². The molecule has 2 aliphatic rings. The van der Waals surface area contributed by atoms with E-state index in [1.165, 1.54) is 193 Å². The largest absolute Gasteiger partial charge is 0.508 e. The van der Waals surface area contributed by atoms with Gasteiger partial charge in [0.1, 0.15) is 23.0 Å². The lowest BCUT2D eigenvalue weighted by atomic mass is 10.0. The standard InChI is InChI=1S/C52H88N2O4/c1-3-5-7-9-11-13-15-17-19-21-23-25-27-29-31-33-39-57-43-35-37-45(47(55)41-43)49-50-51(49)54-52(53-50)46-38-36-44(42-48(46)56)58-40-34-32-30-28-26-24-22-20-18-16-14-12-10-8-6-4-2/h35-38,41-42,49-56H,3-34,39-40H2,1-2H3. The van der Waals surface area contributed by atoms with E-state index < -0.39 is 0 Å². The molecule has 0 aromatic heterocycles. The minimum atomic E-state index is -0.120. The van der Waals surface area contributed by atoms with Crippen LogP contribution in [0.3, 0.4) is 0 Å². The summed E-state index contributed by atoms with van der Waals surface area (Å²) in [7, 11) is 0. The second kappa shape index (κ2) is 30.6. The van der Waals surface area contributed by atoms with Gasteiger partial charge in [-0.2, -0.15) is 0 Å². The molecule has 2 atom stereocenters. The molecule has 2 fully saturated rings. The Bertz CT molecular complexity index is 1220. The summed E-state index contributed by atoms with van der Waals surface area (Å²) in [5.74, 6) is 2.23. The van der Waals surface area contributed by atoms with Crippen molar-refractivity contribution in [3.63, 3.8) is 0 Å². The molecule has 1 saturated heterocycles. The van der Waals surface area contributed by atoms with Crippen molar-refractivity contribution in [2.75, 3.05) is 13.2 Å². The number of hydrogen-bond acceptors (Lipinski definition) is 6. The van der Waals surface area contributed by atoms with E-state index in [1.807, 2.05) is 24.3 Å². The monoisotopic (exact) mass is 805 g/mol. The predicted molar refractivity (Wildman–Crippen MR) is 246 cm³/mol. The van der Waals surface area contributed by atoms with Crippen LogP contribution < -0.4 is 20.1 Å². The maximum atomic E-state index is 10.9. The van der Waals surface area contributed by atoms with Crippen LogP contribution in [0.2, 0.25) is 0 Å². The molecule has 1 aliphatic carbocycles. The van der Waals surface area contributed by atoms with Gasteiger partial charge in [-0.05, 0) is 31.0 Å². The second-order valence-electron chi connectivity index (χ2n) is 18.1. The van der Waals surface area contributed by atoms with E-state index in [4.69, 9.17) is 9.47 Å². The Morgan fingerprint density at radius 1 is 0.397 bits per heavy atom. The summed E-state index contributed by atoms with van der Waals surface area (Å²) in [6.07, 6.45) is 43.4. The van der Waals surface area contributed by atoms with Crippen molar-refractivity contribution < 1.29 is 19.7 Å². The van der Waals surface area contributed by atoms with Gasteiger partial charge >= 0.3 is 0 Å². The highest BCUT2D eigenvalue weighted by Crippen LogP contribution is 2.50. The number of rotatable bonds is 38. The number of hydrogen-bond donors (Lipinski definition) is 4. The van der Waals surface area contributed by atoms with Gasteiger partial charge in [-0.1, -0.05) is 213 Å². The highest BCUT2D eigenvalue weighted by atomic mass is 16.5. The maximum absolute atomic E-state index is 10.9. The number of unbranched alkanes of at least 4 members (excludes halogenated alkanes) is 30. The molecular formula is C52H88N2O4. The Morgan fingerprint density at radius 2 is 0.690 bits per heavy atom. The third-order valence-electron chi connectivity index (χ3n) is 12.9. The van der Waals surface area contributed by atoms with Crippen LogP contribution in [-0.4, -0.2) is 35.5 Å². The molecule has 0 spiro atoms. The Labute approximate surface area is 356 Å². The lowest BCUT2D eigenvalue weighted by Gasteiger charge is -2.19. The van der Waals surface area contributed by atoms with Crippen LogP contribution >= 0.6 is 0 Å². The summed E-state index contributed by atoms with van der Waals surface area (Å²) in [5.41, 5.74) is 1.79. The number of benzene rings is 2. The van der Waals surface area contributed by atoms with Crippen molar-refractivity contribution in [2.45, 2.75) is 243 Å². The summed E-state index contributed by atoms with van der Waals surface area (Å²) in [4.78, 5) is 0. The average molecular weight is 805 g/mol. The number of phenols is 2. The smallest absolute Gasteiger partial charge is 0.125 e. The zero-order chi connectivity index (χ0) is 40.9. The van der Waals surface area contributed by atoms with Gasteiger partial charge in [-0.15, -0.1) is 0 Å². The van der Waals surface area contributed by atoms with Crippen molar-refractivity contribution in [3.05, 3.63) is 47.5 Å². The molecule has 4 N–H and O–H groups in total. The molecule has 2 unspecified atom stereocenters. The Hall–Kier alpha value is -2.44. The Morgan fingerprint density at radius 3 is 1.00 bits per heavy atom. The fourth-order valence-corrected chi connectivity index (χ4v) is 9.16. The van der Waals surface area contributed by atoms with E-state index in [2.05, 4.69) is 24.5 Å². The second-order valence-corrected chi connectivity index (χ2v) is 18.1. The van der Waals surface area contributed by atoms with Crippen molar-refractivity contribution in [2.24, 2.45) is 0 Å². The van der Waals surface area contributed by atoms with Crippen LogP contribution in [0.4, 0.5) is 0 Å². The average Bonchev–Trinajstić information content (AvgIpc) is 3.70. The molecule has 1 heterocycles. The zero-order valence-electron chi connectivity index (χ0n) is 37.5. The minimum absolute atomic E-state index is 0.120. The van der Waals surface area contributed by atoms with Crippen LogP contribution in [0.1, 0.15) is 243 Å². The third-order valence-corrected chi connectivity index (χ3v) is 12.9. The van der Waals surface area contributed by atoms with Gasteiger partial charge in [0, 0.05) is 41.3 Å². The molecule has 4 rings (SSSR count). The normalized spacial score (nSPS) is 18.4.